The van der Waals surface area contributed by atoms with Gasteiger partial charge in [-0.15, -0.1) is 0 Å². The van der Waals surface area contributed by atoms with Crippen molar-refractivity contribution in [1.29, 1.82) is 0 Å². The molecule has 21 heavy (non-hydrogen) atoms. The van der Waals surface area contributed by atoms with Crippen molar-refractivity contribution in [2.24, 2.45) is 0 Å². The molecule has 2 aromatic carbocycles. The van der Waals surface area contributed by atoms with Crippen LogP contribution < -0.4 is 4.90 Å². The summed E-state index contributed by atoms with van der Waals surface area (Å²) in [6, 6.07) is 15.5. The van der Waals surface area contributed by atoms with E-state index in [1.807, 2.05) is 42.5 Å². The molecule has 3 nitrogen and oxygen atoms in total. The van der Waals surface area contributed by atoms with Crippen LogP contribution in [0.25, 0.3) is 0 Å². The first-order valence-electron chi connectivity index (χ1n) is 7.27. The molecule has 1 aliphatic carbocycles. The largest absolute Gasteiger partial charge is 0.311 e. The van der Waals surface area contributed by atoms with E-state index in [-0.39, 0.29) is 17.6 Å². The Kier molecular flexibility index (Phi) is 2.67. The summed E-state index contributed by atoms with van der Waals surface area (Å²) >= 11 is 0. The quantitative estimate of drug-likeness (QED) is 0.803. The standard InChI is InChI=1S/C18H15NO2/c20-17-9-10-19(16-8-4-3-7-14(16)17)18(21)15-11-12-5-1-2-6-13(12)15/h1-8,15H,9-11H2. The smallest absolute Gasteiger partial charge is 0.234 e. The minimum atomic E-state index is -0.0533. The zero-order valence-electron chi connectivity index (χ0n) is 11.6. The highest BCUT2D eigenvalue weighted by atomic mass is 16.2. The van der Waals surface area contributed by atoms with E-state index in [0.717, 1.165) is 17.7 Å². The number of para-hydroxylation sites is 1. The number of carbonyl (C=O) groups excluding carboxylic acids is 2. The molecule has 0 spiro atoms. The lowest BCUT2D eigenvalue weighted by Crippen LogP contribution is -2.43. The highest BCUT2D eigenvalue weighted by molar-refractivity contribution is 6.10. The van der Waals surface area contributed by atoms with Gasteiger partial charge in [0.25, 0.3) is 0 Å². The summed E-state index contributed by atoms with van der Waals surface area (Å²) in [4.78, 5) is 26.6. The molecule has 0 bridgehead atoms. The monoisotopic (exact) mass is 277 g/mol. The first kappa shape index (κ1) is 12.3. The van der Waals surface area contributed by atoms with Gasteiger partial charge in [-0.3, -0.25) is 9.59 Å². The van der Waals surface area contributed by atoms with Crippen molar-refractivity contribution >= 4 is 17.4 Å². The van der Waals surface area contributed by atoms with Crippen LogP contribution in [0.3, 0.4) is 0 Å². The second kappa shape index (κ2) is 4.55. The Labute approximate surface area is 123 Å². The third kappa shape index (κ3) is 1.81. The van der Waals surface area contributed by atoms with Crippen LogP contribution in [-0.4, -0.2) is 18.2 Å². The zero-order chi connectivity index (χ0) is 14.4. The molecule has 1 aliphatic heterocycles. The van der Waals surface area contributed by atoms with Crippen molar-refractivity contribution < 1.29 is 9.59 Å². The van der Waals surface area contributed by atoms with Crippen LogP contribution >= 0.6 is 0 Å². The lowest BCUT2D eigenvalue weighted by molar-refractivity contribution is -0.120. The second-order valence-corrected chi connectivity index (χ2v) is 5.64. The number of hydrogen-bond acceptors (Lipinski definition) is 2. The van der Waals surface area contributed by atoms with Gasteiger partial charge >= 0.3 is 0 Å². The van der Waals surface area contributed by atoms with E-state index in [4.69, 9.17) is 0 Å². The molecular formula is C18H15NO2. The maximum absolute atomic E-state index is 12.8. The van der Waals surface area contributed by atoms with Crippen molar-refractivity contribution in [3.63, 3.8) is 0 Å². The Morgan fingerprint density at radius 1 is 1.05 bits per heavy atom. The maximum atomic E-state index is 12.8. The van der Waals surface area contributed by atoms with E-state index in [9.17, 15) is 9.59 Å². The first-order valence-corrected chi connectivity index (χ1v) is 7.27. The summed E-state index contributed by atoms with van der Waals surface area (Å²) in [6.45, 7) is 0.493. The first-order chi connectivity index (χ1) is 10.3. The number of anilines is 1. The molecule has 0 saturated carbocycles. The molecule has 1 atom stereocenters. The maximum Gasteiger partial charge on any atom is 0.234 e. The number of carbonyl (C=O) groups is 2. The van der Waals surface area contributed by atoms with Gasteiger partial charge < -0.3 is 4.90 Å². The van der Waals surface area contributed by atoms with E-state index in [0.29, 0.717) is 18.5 Å². The molecule has 1 unspecified atom stereocenters. The summed E-state index contributed by atoms with van der Waals surface area (Å²) in [6.07, 6.45) is 1.22. The molecule has 2 aliphatic rings. The van der Waals surface area contributed by atoms with E-state index in [2.05, 4.69) is 6.07 Å². The van der Waals surface area contributed by atoms with E-state index < -0.39 is 0 Å². The van der Waals surface area contributed by atoms with Gasteiger partial charge in [-0.1, -0.05) is 36.4 Å². The third-order valence-corrected chi connectivity index (χ3v) is 4.48. The fourth-order valence-electron chi connectivity index (χ4n) is 3.31. The number of fused-ring (bicyclic) bond motifs is 2. The van der Waals surface area contributed by atoms with Gasteiger partial charge in [-0.2, -0.15) is 0 Å². The normalized spacial score (nSPS) is 19.5. The van der Waals surface area contributed by atoms with E-state index in [1.165, 1.54) is 5.56 Å². The zero-order valence-corrected chi connectivity index (χ0v) is 11.6. The van der Waals surface area contributed by atoms with Gasteiger partial charge in [0.05, 0.1) is 11.6 Å². The molecule has 104 valence electrons. The molecule has 3 heteroatoms. The van der Waals surface area contributed by atoms with E-state index >= 15 is 0 Å². The topological polar surface area (TPSA) is 37.4 Å². The molecular weight excluding hydrogens is 262 g/mol. The molecule has 0 fully saturated rings. The number of amides is 1. The third-order valence-electron chi connectivity index (χ3n) is 4.48. The van der Waals surface area contributed by atoms with Crippen LogP contribution in [0.1, 0.15) is 33.8 Å². The minimum Gasteiger partial charge on any atom is -0.311 e. The summed E-state index contributed by atoms with van der Waals surface area (Å²) in [5.74, 6) is 0.194. The predicted octanol–water partition coefficient (Wildman–Crippen LogP) is 2.95. The number of ketones is 1. The molecule has 1 amide bonds. The lowest BCUT2D eigenvalue weighted by atomic mass is 9.76. The van der Waals surface area contributed by atoms with Crippen LogP contribution in [-0.2, 0) is 11.2 Å². The Balaban J connectivity index is 1.68. The van der Waals surface area contributed by atoms with Crippen molar-refractivity contribution in [3.05, 3.63) is 65.2 Å². The summed E-state index contributed by atoms with van der Waals surface area (Å²) in [5.41, 5.74) is 3.84. The van der Waals surface area contributed by atoms with Gasteiger partial charge in [0.1, 0.15) is 0 Å². The SMILES string of the molecule is O=C1CCN(C(=O)C2Cc3ccccc32)c2ccccc21. The van der Waals surface area contributed by atoms with Crippen molar-refractivity contribution in [3.8, 4) is 0 Å². The molecule has 0 N–H and O–H groups in total. The number of benzene rings is 2. The Morgan fingerprint density at radius 2 is 1.81 bits per heavy atom. The van der Waals surface area contributed by atoms with Gasteiger partial charge in [0.15, 0.2) is 5.78 Å². The van der Waals surface area contributed by atoms with Crippen molar-refractivity contribution in [2.75, 3.05) is 11.4 Å². The van der Waals surface area contributed by atoms with Gasteiger partial charge in [0.2, 0.25) is 5.91 Å². The summed E-state index contributed by atoms with van der Waals surface area (Å²) < 4.78 is 0. The molecule has 1 heterocycles. The molecule has 0 aromatic heterocycles. The highest BCUT2D eigenvalue weighted by Gasteiger charge is 2.37. The number of rotatable bonds is 1. The van der Waals surface area contributed by atoms with Gasteiger partial charge in [-0.25, -0.2) is 0 Å². The molecule has 0 saturated heterocycles. The summed E-state index contributed by atoms with van der Waals surface area (Å²) in [7, 11) is 0. The van der Waals surface area contributed by atoms with Crippen LogP contribution in [0.2, 0.25) is 0 Å². The van der Waals surface area contributed by atoms with Crippen LogP contribution in [0.5, 0.6) is 0 Å². The molecule has 2 aromatic rings. The minimum absolute atomic E-state index is 0.0533. The fraction of sp³-hybridized carbons (Fsp3) is 0.222. The average Bonchev–Trinajstić information content (AvgIpc) is 2.49. The van der Waals surface area contributed by atoms with Crippen LogP contribution in [0, 0.1) is 0 Å². The number of hydrogen-bond donors (Lipinski definition) is 0. The highest BCUT2D eigenvalue weighted by Crippen LogP contribution is 2.38. The summed E-state index contributed by atoms with van der Waals surface area (Å²) in [5, 5.41) is 0. The van der Waals surface area contributed by atoms with Crippen molar-refractivity contribution in [2.45, 2.75) is 18.8 Å². The van der Waals surface area contributed by atoms with Gasteiger partial charge in [-0.05, 0) is 29.7 Å². The Morgan fingerprint density at radius 3 is 2.67 bits per heavy atom. The lowest BCUT2D eigenvalue weighted by Gasteiger charge is -2.36. The number of Topliss-reactive ketones (excluding diaryl/α,β-unsaturated/α-hetero) is 1. The van der Waals surface area contributed by atoms with Crippen molar-refractivity contribution in [1.82, 2.24) is 0 Å². The average molecular weight is 277 g/mol. The van der Waals surface area contributed by atoms with Crippen LogP contribution in [0.15, 0.2) is 48.5 Å². The molecule has 4 rings (SSSR count). The van der Waals surface area contributed by atoms with E-state index in [1.54, 1.807) is 4.90 Å². The number of nitrogens with zero attached hydrogens (tertiary/aromatic N) is 1. The Bertz CT molecular complexity index is 750. The van der Waals surface area contributed by atoms with Gasteiger partial charge in [0, 0.05) is 18.5 Å². The predicted molar refractivity (Wildman–Crippen MR) is 80.6 cm³/mol. The molecule has 0 radical (unpaired) electrons. The van der Waals surface area contributed by atoms with Crippen LogP contribution in [0.4, 0.5) is 5.69 Å². The Hall–Kier alpha value is -2.42. The second-order valence-electron chi connectivity index (χ2n) is 5.64. The fourth-order valence-corrected chi connectivity index (χ4v) is 3.31.